The van der Waals surface area contributed by atoms with Crippen LogP contribution in [0.25, 0.3) is 16.9 Å². The Labute approximate surface area is 177 Å². The number of amides is 1. The van der Waals surface area contributed by atoms with Crippen molar-refractivity contribution in [3.8, 4) is 17.0 Å². The fourth-order valence-corrected chi connectivity index (χ4v) is 3.67. The lowest BCUT2D eigenvalue weighted by molar-refractivity contribution is 0.102. The summed E-state index contributed by atoms with van der Waals surface area (Å²) < 4.78 is 7.16. The van der Waals surface area contributed by atoms with E-state index in [4.69, 9.17) is 32.9 Å². The molecule has 29 heavy (non-hydrogen) atoms. The zero-order valence-electron chi connectivity index (χ0n) is 15.7. The molecule has 2 aromatic heterocycles. The molecule has 1 amide bonds. The number of anilines is 1. The Morgan fingerprint density at radius 1 is 1.03 bits per heavy atom. The van der Waals surface area contributed by atoms with Crippen LogP contribution in [-0.2, 0) is 0 Å². The van der Waals surface area contributed by atoms with Gasteiger partial charge in [-0.25, -0.2) is 4.98 Å². The van der Waals surface area contributed by atoms with Crippen LogP contribution in [0.15, 0.2) is 60.8 Å². The van der Waals surface area contributed by atoms with Crippen molar-refractivity contribution in [1.29, 1.82) is 0 Å². The first-order chi connectivity index (χ1) is 13.9. The van der Waals surface area contributed by atoms with E-state index in [1.807, 2.05) is 53.9 Å². The highest BCUT2D eigenvalue weighted by atomic mass is 35.5. The van der Waals surface area contributed by atoms with Gasteiger partial charge in [-0.1, -0.05) is 23.2 Å². The van der Waals surface area contributed by atoms with Crippen LogP contribution in [0, 0.1) is 6.92 Å². The third-order valence-electron chi connectivity index (χ3n) is 4.60. The number of ether oxygens (including phenoxy) is 1. The van der Waals surface area contributed by atoms with Gasteiger partial charge in [-0.2, -0.15) is 0 Å². The maximum absolute atomic E-state index is 12.6. The Hall–Kier alpha value is -3.02. The summed E-state index contributed by atoms with van der Waals surface area (Å²) in [6, 6.07) is 16.2. The summed E-state index contributed by atoms with van der Waals surface area (Å²) in [7, 11) is 1.64. The predicted octanol–water partition coefficient (Wildman–Crippen LogP) is 5.88. The summed E-state index contributed by atoms with van der Waals surface area (Å²) in [5.41, 5.74) is 4.65. The van der Waals surface area contributed by atoms with Gasteiger partial charge in [-0.3, -0.25) is 4.79 Å². The van der Waals surface area contributed by atoms with Crippen LogP contribution in [0.4, 0.5) is 5.69 Å². The molecule has 2 aromatic carbocycles. The minimum Gasteiger partial charge on any atom is -0.497 e. The van der Waals surface area contributed by atoms with Gasteiger partial charge in [0.05, 0.1) is 18.5 Å². The number of aryl methyl sites for hydroxylation is 1. The Balaban J connectivity index is 1.65. The van der Waals surface area contributed by atoms with Crippen molar-refractivity contribution < 1.29 is 9.53 Å². The minimum absolute atomic E-state index is 0.290. The number of carbonyl (C=O) groups excluding carboxylic acids is 1. The molecule has 0 bridgehead atoms. The molecule has 1 N–H and O–H groups in total. The zero-order chi connectivity index (χ0) is 20.5. The first-order valence-corrected chi connectivity index (χ1v) is 9.61. The quantitative estimate of drug-likeness (QED) is 0.444. The second-order valence-electron chi connectivity index (χ2n) is 6.53. The molecule has 0 aliphatic carbocycles. The van der Waals surface area contributed by atoms with E-state index in [1.165, 1.54) is 0 Å². The molecule has 0 unspecified atom stereocenters. The van der Waals surface area contributed by atoms with E-state index >= 15 is 0 Å². The summed E-state index contributed by atoms with van der Waals surface area (Å²) in [5, 5.41) is 3.69. The highest BCUT2D eigenvalue weighted by molar-refractivity contribution is 6.35. The highest BCUT2D eigenvalue weighted by Gasteiger charge is 2.13. The maximum atomic E-state index is 12.6. The lowest BCUT2D eigenvalue weighted by atomic mass is 10.1. The van der Waals surface area contributed by atoms with Crippen molar-refractivity contribution in [3.05, 3.63) is 82.1 Å². The number of halogens is 2. The summed E-state index contributed by atoms with van der Waals surface area (Å²) in [4.78, 5) is 17.3. The number of carbonyl (C=O) groups is 1. The van der Waals surface area contributed by atoms with Crippen LogP contribution in [0.2, 0.25) is 10.0 Å². The van der Waals surface area contributed by atoms with E-state index in [0.29, 0.717) is 21.3 Å². The van der Waals surface area contributed by atoms with Gasteiger partial charge in [-0.05, 0) is 61.5 Å². The summed E-state index contributed by atoms with van der Waals surface area (Å²) in [6.45, 7) is 1.99. The minimum atomic E-state index is -0.290. The van der Waals surface area contributed by atoms with Gasteiger partial charge in [0.25, 0.3) is 5.91 Å². The summed E-state index contributed by atoms with van der Waals surface area (Å²) in [5.74, 6) is 0.503. The number of pyridine rings is 1. The molecule has 0 saturated heterocycles. The zero-order valence-corrected chi connectivity index (χ0v) is 17.3. The van der Waals surface area contributed by atoms with E-state index in [2.05, 4.69) is 5.32 Å². The second-order valence-corrected chi connectivity index (χ2v) is 7.41. The molecular weight excluding hydrogens is 409 g/mol. The lowest BCUT2D eigenvalue weighted by Crippen LogP contribution is -2.12. The molecule has 0 fully saturated rings. The molecule has 0 atom stereocenters. The van der Waals surface area contributed by atoms with Crippen LogP contribution in [0.3, 0.4) is 0 Å². The second kappa shape index (κ2) is 7.78. The fourth-order valence-electron chi connectivity index (χ4n) is 3.15. The Bertz CT molecular complexity index is 1200. The number of rotatable bonds is 4. The van der Waals surface area contributed by atoms with Gasteiger partial charge in [0.15, 0.2) is 0 Å². The molecule has 146 valence electrons. The number of aromatic nitrogens is 2. The van der Waals surface area contributed by atoms with E-state index in [-0.39, 0.29) is 5.91 Å². The average molecular weight is 426 g/mol. The molecule has 0 saturated carbocycles. The molecule has 0 aliphatic rings. The maximum Gasteiger partial charge on any atom is 0.255 e. The molecule has 2 heterocycles. The van der Waals surface area contributed by atoms with Crippen LogP contribution >= 0.6 is 23.2 Å². The van der Waals surface area contributed by atoms with E-state index < -0.39 is 0 Å². The molecule has 4 rings (SSSR count). The largest absolute Gasteiger partial charge is 0.497 e. The number of nitrogens with zero attached hydrogens (tertiary/aromatic N) is 2. The Kier molecular flexibility index (Phi) is 5.18. The van der Waals surface area contributed by atoms with E-state index in [1.54, 1.807) is 25.3 Å². The number of nitrogens with one attached hydrogen (secondary N) is 1. The first kappa shape index (κ1) is 19.3. The van der Waals surface area contributed by atoms with E-state index in [9.17, 15) is 4.79 Å². The first-order valence-electron chi connectivity index (χ1n) is 8.85. The topological polar surface area (TPSA) is 55.6 Å². The van der Waals surface area contributed by atoms with Crippen LogP contribution in [-0.4, -0.2) is 22.4 Å². The van der Waals surface area contributed by atoms with Crippen molar-refractivity contribution in [2.45, 2.75) is 6.92 Å². The van der Waals surface area contributed by atoms with Crippen molar-refractivity contribution in [3.63, 3.8) is 0 Å². The number of fused-ring (bicyclic) bond motifs is 1. The molecule has 4 aromatic rings. The molecule has 0 radical (unpaired) electrons. The third kappa shape index (κ3) is 3.92. The monoisotopic (exact) mass is 425 g/mol. The smallest absolute Gasteiger partial charge is 0.255 e. The number of methoxy groups -OCH3 is 1. The number of hydrogen-bond donors (Lipinski definition) is 1. The van der Waals surface area contributed by atoms with Gasteiger partial charge in [0.1, 0.15) is 11.4 Å². The molecule has 5 nitrogen and oxygen atoms in total. The van der Waals surface area contributed by atoms with Gasteiger partial charge in [-0.15, -0.1) is 0 Å². The molecule has 0 aliphatic heterocycles. The Morgan fingerprint density at radius 2 is 1.72 bits per heavy atom. The molecule has 7 heteroatoms. The van der Waals surface area contributed by atoms with Crippen LogP contribution in [0.5, 0.6) is 5.75 Å². The van der Waals surface area contributed by atoms with Gasteiger partial charge >= 0.3 is 0 Å². The summed E-state index contributed by atoms with van der Waals surface area (Å²) >= 11 is 12.0. The van der Waals surface area contributed by atoms with Crippen molar-refractivity contribution in [2.75, 3.05) is 12.4 Å². The Morgan fingerprint density at radius 3 is 2.38 bits per heavy atom. The number of hydrogen-bond acceptors (Lipinski definition) is 3. The summed E-state index contributed by atoms with van der Waals surface area (Å²) in [6.07, 6.45) is 1.84. The molecular formula is C22H17Cl2N3O2. The van der Waals surface area contributed by atoms with Crippen molar-refractivity contribution in [1.82, 2.24) is 9.38 Å². The van der Waals surface area contributed by atoms with Gasteiger partial charge in [0, 0.05) is 33.1 Å². The molecule has 0 spiro atoms. The van der Waals surface area contributed by atoms with Crippen molar-refractivity contribution >= 4 is 40.4 Å². The fraction of sp³-hybridized carbons (Fsp3) is 0.0909. The lowest BCUT2D eigenvalue weighted by Gasteiger charge is -2.07. The predicted molar refractivity (Wildman–Crippen MR) is 116 cm³/mol. The average Bonchev–Trinajstić information content (AvgIpc) is 3.03. The number of benzene rings is 2. The standard InChI is InChI=1S/C22H17Cl2N3O2/c1-13-21(14-3-6-19(29-2)7-4-14)26-20-8-5-18(12-27(13)20)25-22(28)15-9-16(23)11-17(24)10-15/h3-12H,1-2H3,(H,25,28). The normalized spacial score (nSPS) is 10.9. The van der Waals surface area contributed by atoms with Crippen molar-refractivity contribution in [2.24, 2.45) is 0 Å². The van der Waals surface area contributed by atoms with Crippen LogP contribution < -0.4 is 10.1 Å². The van der Waals surface area contributed by atoms with Gasteiger partial charge in [0.2, 0.25) is 0 Å². The van der Waals surface area contributed by atoms with Gasteiger partial charge < -0.3 is 14.5 Å². The number of imidazole rings is 1. The highest BCUT2D eigenvalue weighted by Crippen LogP contribution is 2.27. The van der Waals surface area contributed by atoms with E-state index in [0.717, 1.165) is 28.3 Å². The SMILES string of the molecule is COc1ccc(-c2nc3ccc(NC(=O)c4cc(Cl)cc(Cl)c4)cn3c2C)cc1. The third-order valence-corrected chi connectivity index (χ3v) is 5.04. The van der Waals surface area contributed by atoms with Crippen LogP contribution in [0.1, 0.15) is 16.1 Å².